The smallest absolute Gasteiger partial charge is 0.00172 e. The van der Waals surface area contributed by atoms with E-state index in [1.165, 1.54) is 37.4 Å². The van der Waals surface area contributed by atoms with Crippen molar-refractivity contribution in [3.05, 3.63) is 0 Å². The van der Waals surface area contributed by atoms with Gasteiger partial charge in [0.15, 0.2) is 0 Å². The molecule has 2 unspecified atom stereocenters. The fourth-order valence-electron chi connectivity index (χ4n) is 3.79. The molecule has 1 aliphatic carbocycles. The largest absolute Gasteiger partial charge is 0.316 e. The number of hydrogen-bond acceptors (Lipinski definition) is 2. The number of nitrogens with one attached hydrogen (secondary N) is 1. The third-order valence-electron chi connectivity index (χ3n) is 4.62. The Balaban J connectivity index is 1.59. The van der Waals surface area contributed by atoms with Crippen molar-refractivity contribution in [1.29, 1.82) is 0 Å². The molecule has 0 amide bonds. The van der Waals surface area contributed by atoms with Gasteiger partial charge in [0.05, 0.1) is 0 Å². The minimum atomic E-state index is 1.05. The van der Waals surface area contributed by atoms with Crippen molar-refractivity contribution in [1.82, 2.24) is 5.32 Å². The van der Waals surface area contributed by atoms with Crippen LogP contribution in [0.15, 0.2) is 0 Å². The Morgan fingerprint density at radius 2 is 1.43 bits per heavy atom. The summed E-state index contributed by atoms with van der Waals surface area (Å²) in [5.41, 5.74) is 0. The molecule has 0 bridgehead atoms. The zero-order valence-corrected chi connectivity index (χ0v) is 9.69. The van der Waals surface area contributed by atoms with Gasteiger partial charge in [-0.1, -0.05) is 0 Å². The zero-order chi connectivity index (χ0) is 9.38. The maximum absolute atomic E-state index is 3.54. The zero-order valence-electron chi connectivity index (χ0n) is 8.87. The summed E-state index contributed by atoms with van der Waals surface area (Å²) in [6.07, 6.45) is 6.13. The first-order chi connectivity index (χ1) is 6.93. The standard InChI is InChI=1S/C12H21NS/c1-3-14-4-2-9(1)10-5-11-7-13-8-12(11)6-10/h9-13H,1-8H2. The van der Waals surface area contributed by atoms with Gasteiger partial charge in [-0.25, -0.2) is 0 Å². The quantitative estimate of drug-likeness (QED) is 0.714. The van der Waals surface area contributed by atoms with E-state index in [9.17, 15) is 0 Å². The predicted octanol–water partition coefficient (Wildman–Crippen LogP) is 2.38. The third-order valence-corrected chi connectivity index (χ3v) is 5.67. The lowest BCUT2D eigenvalue weighted by Gasteiger charge is -2.27. The Morgan fingerprint density at radius 1 is 0.786 bits per heavy atom. The summed E-state index contributed by atoms with van der Waals surface area (Å²) in [6, 6.07) is 0. The third kappa shape index (κ3) is 1.71. The van der Waals surface area contributed by atoms with Crippen LogP contribution < -0.4 is 5.32 Å². The van der Waals surface area contributed by atoms with E-state index in [2.05, 4.69) is 17.1 Å². The van der Waals surface area contributed by atoms with Crippen LogP contribution in [-0.2, 0) is 0 Å². The second kappa shape index (κ2) is 4.05. The molecule has 1 N–H and O–H groups in total. The molecule has 2 heterocycles. The molecule has 2 saturated heterocycles. The first kappa shape index (κ1) is 9.53. The lowest BCUT2D eigenvalue weighted by atomic mass is 9.85. The second-order valence-electron chi connectivity index (χ2n) is 5.36. The molecular weight excluding hydrogens is 190 g/mol. The molecule has 80 valence electrons. The van der Waals surface area contributed by atoms with Gasteiger partial charge < -0.3 is 5.32 Å². The SMILES string of the molecule is C1CC(C2CC3CNCC3C2)CCS1. The van der Waals surface area contributed by atoms with Crippen LogP contribution in [0.1, 0.15) is 25.7 Å². The molecule has 0 aromatic heterocycles. The van der Waals surface area contributed by atoms with Crippen LogP contribution >= 0.6 is 11.8 Å². The summed E-state index contributed by atoms with van der Waals surface area (Å²) in [6.45, 7) is 2.64. The molecular formula is C12H21NS. The fourth-order valence-corrected chi connectivity index (χ4v) is 4.93. The first-order valence-electron chi connectivity index (χ1n) is 6.22. The van der Waals surface area contributed by atoms with Gasteiger partial charge in [-0.05, 0) is 74.0 Å². The van der Waals surface area contributed by atoms with E-state index in [4.69, 9.17) is 0 Å². The van der Waals surface area contributed by atoms with Crippen LogP contribution in [-0.4, -0.2) is 24.6 Å². The van der Waals surface area contributed by atoms with Gasteiger partial charge in [-0.2, -0.15) is 11.8 Å². The summed E-state index contributed by atoms with van der Waals surface area (Å²) in [5, 5.41) is 3.54. The highest BCUT2D eigenvalue weighted by molar-refractivity contribution is 7.99. The summed E-state index contributed by atoms with van der Waals surface area (Å²) in [4.78, 5) is 0. The molecule has 1 nitrogen and oxygen atoms in total. The van der Waals surface area contributed by atoms with Crippen LogP contribution in [0.5, 0.6) is 0 Å². The van der Waals surface area contributed by atoms with Crippen molar-refractivity contribution in [3.63, 3.8) is 0 Å². The van der Waals surface area contributed by atoms with Crippen molar-refractivity contribution in [3.8, 4) is 0 Å². The summed E-state index contributed by atoms with van der Waals surface area (Å²) < 4.78 is 0. The predicted molar refractivity (Wildman–Crippen MR) is 62.6 cm³/mol. The average Bonchev–Trinajstić information content (AvgIpc) is 2.78. The van der Waals surface area contributed by atoms with E-state index in [1.807, 2.05) is 0 Å². The molecule has 1 saturated carbocycles. The minimum Gasteiger partial charge on any atom is -0.316 e. The maximum Gasteiger partial charge on any atom is -0.00172 e. The molecule has 2 heteroatoms. The summed E-state index contributed by atoms with van der Waals surface area (Å²) in [5.74, 6) is 7.18. The van der Waals surface area contributed by atoms with Crippen molar-refractivity contribution >= 4 is 11.8 Å². The molecule has 3 rings (SSSR count). The maximum atomic E-state index is 3.54. The van der Waals surface area contributed by atoms with E-state index in [0.29, 0.717) is 0 Å². The van der Waals surface area contributed by atoms with Crippen LogP contribution in [0.25, 0.3) is 0 Å². The highest BCUT2D eigenvalue weighted by atomic mass is 32.2. The number of thioether (sulfide) groups is 1. The van der Waals surface area contributed by atoms with E-state index in [-0.39, 0.29) is 0 Å². The van der Waals surface area contributed by atoms with Crippen molar-refractivity contribution < 1.29 is 0 Å². The van der Waals surface area contributed by atoms with Gasteiger partial charge in [0.2, 0.25) is 0 Å². The Labute approximate surface area is 91.4 Å². The molecule has 3 fully saturated rings. The van der Waals surface area contributed by atoms with Gasteiger partial charge in [0, 0.05) is 0 Å². The van der Waals surface area contributed by atoms with Crippen LogP contribution in [0.3, 0.4) is 0 Å². The molecule has 2 aliphatic heterocycles. The average molecular weight is 211 g/mol. The molecule has 0 aromatic carbocycles. The highest BCUT2D eigenvalue weighted by Gasteiger charge is 2.40. The monoisotopic (exact) mass is 211 g/mol. The molecule has 0 radical (unpaired) electrons. The van der Waals surface area contributed by atoms with E-state index in [0.717, 1.165) is 23.7 Å². The number of rotatable bonds is 1. The Morgan fingerprint density at radius 3 is 2.07 bits per heavy atom. The second-order valence-corrected chi connectivity index (χ2v) is 6.58. The molecule has 14 heavy (non-hydrogen) atoms. The van der Waals surface area contributed by atoms with Gasteiger partial charge in [0.25, 0.3) is 0 Å². The minimum absolute atomic E-state index is 1.05. The lowest BCUT2D eigenvalue weighted by molar-refractivity contribution is 0.301. The fraction of sp³-hybridized carbons (Fsp3) is 1.00. The molecule has 0 spiro atoms. The van der Waals surface area contributed by atoms with Crippen molar-refractivity contribution in [2.45, 2.75) is 25.7 Å². The summed E-state index contributed by atoms with van der Waals surface area (Å²) in [7, 11) is 0. The molecule has 3 aliphatic rings. The van der Waals surface area contributed by atoms with Gasteiger partial charge in [0.1, 0.15) is 0 Å². The summed E-state index contributed by atoms with van der Waals surface area (Å²) >= 11 is 2.17. The van der Waals surface area contributed by atoms with Crippen LogP contribution in [0, 0.1) is 23.7 Å². The van der Waals surface area contributed by atoms with Gasteiger partial charge >= 0.3 is 0 Å². The van der Waals surface area contributed by atoms with E-state index in [1.54, 1.807) is 12.8 Å². The number of fused-ring (bicyclic) bond motifs is 1. The Kier molecular flexibility index (Phi) is 2.76. The highest BCUT2D eigenvalue weighted by Crippen LogP contribution is 2.45. The number of hydrogen-bond donors (Lipinski definition) is 1. The first-order valence-corrected chi connectivity index (χ1v) is 7.37. The van der Waals surface area contributed by atoms with Gasteiger partial charge in [-0.3, -0.25) is 0 Å². The molecule has 0 aromatic rings. The topological polar surface area (TPSA) is 12.0 Å². The van der Waals surface area contributed by atoms with E-state index >= 15 is 0 Å². The Hall–Kier alpha value is 0.310. The lowest BCUT2D eigenvalue weighted by Crippen LogP contribution is -2.20. The van der Waals surface area contributed by atoms with Crippen molar-refractivity contribution in [2.24, 2.45) is 23.7 Å². The normalized spacial score (nSPS) is 44.1. The molecule has 2 atom stereocenters. The van der Waals surface area contributed by atoms with Crippen LogP contribution in [0.2, 0.25) is 0 Å². The van der Waals surface area contributed by atoms with Crippen molar-refractivity contribution in [2.75, 3.05) is 24.6 Å². The van der Waals surface area contributed by atoms with Gasteiger partial charge in [-0.15, -0.1) is 0 Å². The van der Waals surface area contributed by atoms with Crippen LogP contribution in [0.4, 0.5) is 0 Å². The Bertz CT molecular complexity index is 188. The van der Waals surface area contributed by atoms with E-state index < -0.39 is 0 Å².